The molecule has 2 aromatic carbocycles. The second kappa shape index (κ2) is 5.84. The molecule has 0 heterocycles. The third-order valence-electron chi connectivity index (χ3n) is 2.96. The zero-order chi connectivity index (χ0) is 14.7. The van der Waals surface area contributed by atoms with Gasteiger partial charge >= 0.3 is 0 Å². The first-order chi connectivity index (χ1) is 9.52. The van der Waals surface area contributed by atoms with Gasteiger partial charge in [0.15, 0.2) is 0 Å². The number of nitrogen functional groups attached to an aromatic ring is 1. The van der Waals surface area contributed by atoms with E-state index in [4.69, 9.17) is 22.1 Å². The standard InChI is InChI=1S/C15H15ClN2O2/c1-9-4-3-5-11(16)14(9)18-15(19)10-6-7-12(17)13(8-10)20-2/h3-8H,17H2,1-2H3,(H,18,19). The highest BCUT2D eigenvalue weighted by Gasteiger charge is 2.12. The van der Waals surface area contributed by atoms with Gasteiger partial charge in [0, 0.05) is 5.56 Å². The van der Waals surface area contributed by atoms with Crippen LogP contribution in [0.1, 0.15) is 15.9 Å². The van der Waals surface area contributed by atoms with E-state index in [1.165, 1.54) is 7.11 Å². The van der Waals surface area contributed by atoms with Gasteiger partial charge in [-0.2, -0.15) is 0 Å². The fourth-order valence-electron chi connectivity index (χ4n) is 1.83. The molecule has 2 aromatic rings. The van der Waals surface area contributed by atoms with Crippen molar-refractivity contribution >= 4 is 28.9 Å². The number of nitrogens with two attached hydrogens (primary N) is 1. The lowest BCUT2D eigenvalue weighted by atomic mass is 10.1. The number of ether oxygens (including phenoxy) is 1. The lowest BCUT2D eigenvalue weighted by molar-refractivity contribution is 0.102. The summed E-state index contributed by atoms with van der Waals surface area (Å²) in [5, 5.41) is 3.30. The van der Waals surface area contributed by atoms with E-state index < -0.39 is 0 Å². The van der Waals surface area contributed by atoms with Gasteiger partial charge in [-0.05, 0) is 36.8 Å². The summed E-state index contributed by atoms with van der Waals surface area (Å²) in [7, 11) is 1.51. The number of halogens is 1. The van der Waals surface area contributed by atoms with Crippen molar-refractivity contribution in [1.82, 2.24) is 0 Å². The summed E-state index contributed by atoms with van der Waals surface area (Å²) < 4.78 is 5.10. The Kier molecular flexibility index (Phi) is 4.15. The molecule has 0 spiro atoms. The van der Waals surface area contributed by atoms with Crippen LogP contribution in [0.15, 0.2) is 36.4 Å². The number of nitrogens with one attached hydrogen (secondary N) is 1. The summed E-state index contributed by atoms with van der Waals surface area (Å²) in [4.78, 5) is 12.2. The summed E-state index contributed by atoms with van der Waals surface area (Å²) in [6, 6.07) is 10.3. The largest absolute Gasteiger partial charge is 0.495 e. The topological polar surface area (TPSA) is 64.3 Å². The van der Waals surface area contributed by atoms with Gasteiger partial charge in [0.1, 0.15) is 5.75 Å². The number of aryl methyl sites for hydroxylation is 1. The molecule has 0 aliphatic carbocycles. The van der Waals surface area contributed by atoms with Crippen LogP contribution in [0.25, 0.3) is 0 Å². The van der Waals surface area contributed by atoms with Crippen molar-refractivity contribution in [3.8, 4) is 5.75 Å². The second-order valence-electron chi connectivity index (χ2n) is 4.34. The van der Waals surface area contributed by atoms with Gasteiger partial charge in [-0.15, -0.1) is 0 Å². The third-order valence-corrected chi connectivity index (χ3v) is 3.27. The lowest BCUT2D eigenvalue weighted by Crippen LogP contribution is -2.13. The predicted molar refractivity (Wildman–Crippen MR) is 81.5 cm³/mol. The minimum Gasteiger partial charge on any atom is -0.495 e. The summed E-state index contributed by atoms with van der Waals surface area (Å²) in [5.74, 6) is 0.202. The number of methoxy groups -OCH3 is 1. The molecule has 0 atom stereocenters. The summed E-state index contributed by atoms with van der Waals surface area (Å²) in [6.45, 7) is 1.88. The maximum Gasteiger partial charge on any atom is 0.255 e. The van der Waals surface area contributed by atoms with Crippen LogP contribution in [0.5, 0.6) is 5.75 Å². The molecule has 3 N–H and O–H groups in total. The highest BCUT2D eigenvalue weighted by molar-refractivity contribution is 6.34. The number of anilines is 2. The lowest BCUT2D eigenvalue weighted by Gasteiger charge is -2.11. The molecule has 20 heavy (non-hydrogen) atoms. The van der Waals surface area contributed by atoms with Crippen LogP contribution in [-0.2, 0) is 0 Å². The molecule has 0 aliphatic rings. The highest BCUT2D eigenvalue weighted by Crippen LogP contribution is 2.27. The molecule has 104 valence electrons. The molecular weight excluding hydrogens is 276 g/mol. The van der Waals surface area contributed by atoms with Crippen molar-refractivity contribution in [2.45, 2.75) is 6.92 Å². The Morgan fingerprint density at radius 3 is 2.70 bits per heavy atom. The number of benzene rings is 2. The van der Waals surface area contributed by atoms with Crippen molar-refractivity contribution in [1.29, 1.82) is 0 Å². The second-order valence-corrected chi connectivity index (χ2v) is 4.75. The van der Waals surface area contributed by atoms with Gasteiger partial charge in [-0.25, -0.2) is 0 Å². The van der Waals surface area contributed by atoms with E-state index in [0.29, 0.717) is 27.7 Å². The fraction of sp³-hybridized carbons (Fsp3) is 0.133. The average Bonchev–Trinajstić information content (AvgIpc) is 2.43. The maximum atomic E-state index is 12.2. The molecule has 0 saturated carbocycles. The van der Waals surface area contributed by atoms with Gasteiger partial charge in [0.05, 0.1) is 23.5 Å². The number of carbonyl (C=O) groups is 1. The minimum absolute atomic E-state index is 0.264. The Labute approximate surface area is 122 Å². The third kappa shape index (κ3) is 2.86. The number of carbonyl (C=O) groups excluding carboxylic acids is 1. The Hall–Kier alpha value is -2.20. The van der Waals surface area contributed by atoms with Gasteiger partial charge < -0.3 is 15.8 Å². The molecule has 5 heteroatoms. The van der Waals surface area contributed by atoms with Crippen LogP contribution in [0.2, 0.25) is 5.02 Å². The number of rotatable bonds is 3. The highest BCUT2D eigenvalue weighted by atomic mass is 35.5. The average molecular weight is 291 g/mol. The first-order valence-corrected chi connectivity index (χ1v) is 6.40. The molecule has 0 bridgehead atoms. The Morgan fingerprint density at radius 1 is 1.30 bits per heavy atom. The number of amides is 1. The molecule has 0 radical (unpaired) electrons. The molecule has 4 nitrogen and oxygen atoms in total. The van der Waals surface area contributed by atoms with E-state index in [0.717, 1.165) is 5.56 Å². The van der Waals surface area contributed by atoms with Gasteiger partial charge in [-0.3, -0.25) is 4.79 Å². The van der Waals surface area contributed by atoms with Gasteiger partial charge in [0.25, 0.3) is 5.91 Å². The molecule has 2 rings (SSSR count). The SMILES string of the molecule is COc1cc(C(=O)Nc2c(C)cccc2Cl)ccc1N. The van der Waals surface area contributed by atoms with Crippen LogP contribution >= 0.6 is 11.6 Å². The quantitative estimate of drug-likeness (QED) is 0.851. The molecule has 1 amide bonds. The minimum atomic E-state index is -0.264. The van der Waals surface area contributed by atoms with E-state index >= 15 is 0 Å². The first-order valence-electron chi connectivity index (χ1n) is 6.03. The van der Waals surface area contributed by atoms with Crippen molar-refractivity contribution in [3.63, 3.8) is 0 Å². The Balaban J connectivity index is 2.29. The first kappa shape index (κ1) is 14.2. The van der Waals surface area contributed by atoms with E-state index in [-0.39, 0.29) is 5.91 Å². The maximum absolute atomic E-state index is 12.2. The summed E-state index contributed by atoms with van der Waals surface area (Å²) >= 11 is 6.09. The summed E-state index contributed by atoms with van der Waals surface area (Å²) in [5.41, 5.74) is 8.16. The smallest absolute Gasteiger partial charge is 0.255 e. The zero-order valence-corrected chi connectivity index (χ0v) is 12.0. The summed E-state index contributed by atoms with van der Waals surface area (Å²) in [6.07, 6.45) is 0. The van der Waals surface area contributed by atoms with Crippen LogP contribution in [0.4, 0.5) is 11.4 Å². The Bertz CT molecular complexity index is 636. The fourth-order valence-corrected chi connectivity index (χ4v) is 2.10. The molecule has 0 saturated heterocycles. The molecule has 0 aliphatic heterocycles. The van der Waals surface area contributed by atoms with Gasteiger partial charge in [0.2, 0.25) is 0 Å². The molecule has 0 unspecified atom stereocenters. The van der Waals surface area contributed by atoms with Crippen LogP contribution < -0.4 is 15.8 Å². The van der Waals surface area contributed by atoms with Crippen molar-refractivity contribution in [3.05, 3.63) is 52.5 Å². The normalized spacial score (nSPS) is 10.2. The van der Waals surface area contributed by atoms with Crippen LogP contribution in [0, 0.1) is 6.92 Å². The molecule has 0 fully saturated rings. The number of hydrogen-bond acceptors (Lipinski definition) is 3. The van der Waals surface area contributed by atoms with E-state index in [1.54, 1.807) is 24.3 Å². The number of para-hydroxylation sites is 1. The van der Waals surface area contributed by atoms with Gasteiger partial charge in [-0.1, -0.05) is 23.7 Å². The van der Waals surface area contributed by atoms with Crippen molar-refractivity contribution < 1.29 is 9.53 Å². The monoisotopic (exact) mass is 290 g/mol. The van der Waals surface area contributed by atoms with Crippen LogP contribution in [0.3, 0.4) is 0 Å². The van der Waals surface area contributed by atoms with Crippen LogP contribution in [-0.4, -0.2) is 13.0 Å². The van der Waals surface area contributed by atoms with E-state index in [9.17, 15) is 4.79 Å². The van der Waals surface area contributed by atoms with Crippen molar-refractivity contribution in [2.75, 3.05) is 18.2 Å². The predicted octanol–water partition coefficient (Wildman–Crippen LogP) is 3.49. The van der Waals surface area contributed by atoms with E-state index in [1.807, 2.05) is 19.1 Å². The van der Waals surface area contributed by atoms with Crippen molar-refractivity contribution in [2.24, 2.45) is 0 Å². The molecular formula is C15H15ClN2O2. The Morgan fingerprint density at radius 2 is 2.05 bits per heavy atom. The van der Waals surface area contributed by atoms with E-state index in [2.05, 4.69) is 5.32 Å². The number of hydrogen-bond donors (Lipinski definition) is 2. The molecule has 0 aromatic heterocycles. The zero-order valence-electron chi connectivity index (χ0n) is 11.2.